The lowest BCUT2D eigenvalue weighted by molar-refractivity contribution is -0.136. The summed E-state index contributed by atoms with van der Waals surface area (Å²) in [6.07, 6.45) is 0.733. The largest absolute Gasteiger partial charge is 0.493 e. The summed E-state index contributed by atoms with van der Waals surface area (Å²) in [6.45, 7) is 3.96. The lowest BCUT2D eigenvalue weighted by Crippen LogP contribution is -2.44. The highest BCUT2D eigenvalue weighted by atomic mass is 19.1. The summed E-state index contributed by atoms with van der Waals surface area (Å²) < 4.78 is 31.0. The zero-order chi connectivity index (χ0) is 25.5. The number of carbonyl (C=O) groups excluding carboxylic acids is 2. The second kappa shape index (κ2) is 9.09. The molecule has 1 aliphatic heterocycles. The number of ether oxygens (including phenoxy) is 3. The molecular weight excluding hydrogens is 451 g/mol. The first-order chi connectivity index (χ1) is 16.6. The molecule has 8 heteroatoms. The van der Waals surface area contributed by atoms with Crippen LogP contribution in [-0.2, 0) is 14.3 Å². The van der Waals surface area contributed by atoms with Crippen LogP contribution in [0.25, 0.3) is 0 Å². The highest BCUT2D eigenvalue weighted by molar-refractivity contribution is 6.05. The maximum Gasteiger partial charge on any atom is 0.338 e. The van der Waals surface area contributed by atoms with E-state index in [4.69, 9.17) is 19.9 Å². The van der Waals surface area contributed by atoms with E-state index in [1.165, 1.54) is 32.3 Å². The number of halogens is 1. The van der Waals surface area contributed by atoms with Crippen LogP contribution < -0.4 is 20.1 Å². The molecule has 2 aromatic carbocycles. The first kappa shape index (κ1) is 24.3. The third-order valence-electron chi connectivity index (χ3n) is 6.50. The molecule has 7 nitrogen and oxygen atoms in total. The second-order valence-electron chi connectivity index (χ2n) is 9.43. The van der Waals surface area contributed by atoms with E-state index in [1.54, 1.807) is 36.4 Å². The van der Waals surface area contributed by atoms with Gasteiger partial charge in [0.1, 0.15) is 11.6 Å². The van der Waals surface area contributed by atoms with Gasteiger partial charge in [0.2, 0.25) is 0 Å². The maximum absolute atomic E-state index is 15.0. The minimum atomic E-state index is -0.816. The lowest BCUT2D eigenvalue weighted by Gasteiger charge is -2.44. The van der Waals surface area contributed by atoms with Crippen molar-refractivity contribution >= 4 is 17.4 Å². The van der Waals surface area contributed by atoms with Gasteiger partial charge in [-0.2, -0.15) is 0 Å². The minimum Gasteiger partial charge on any atom is -0.493 e. The van der Waals surface area contributed by atoms with Crippen molar-refractivity contribution in [2.45, 2.75) is 32.6 Å². The average molecular weight is 481 g/mol. The molecule has 0 amide bonds. The number of carbonyl (C=O) groups is 2. The van der Waals surface area contributed by atoms with Gasteiger partial charge in [0, 0.05) is 17.7 Å². The van der Waals surface area contributed by atoms with Crippen LogP contribution in [0.4, 0.5) is 10.1 Å². The fourth-order valence-corrected chi connectivity index (χ4v) is 4.99. The molecule has 0 bridgehead atoms. The molecule has 0 fully saturated rings. The molecule has 184 valence electrons. The van der Waals surface area contributed by atoms with E-state index in [9.17, 15) is 9.59 Å². The smallest absolute Gasteiger partial charge is 0.338 e. The maximum atomic E-state index is 15.0. The van der Waals surface area contributed by atoms with Crippen LogP contribution >= 0.6 is 0 Å². The Hall–Kier alpha value is -3.81. The van der Waals surface area contributed by atoms with Gasteiger partial charge in [-0.3, -0.25) is 9.69 Å². The van der Waals surface area contributed by atoms with E-state index in [1.807, 2.05) is 13.8 Å². The summed E-state index contributed by atoms with van der Waals surface area (Å²) in [7, 11) is 4.28. The van der Waals surface area contributed by atoms with Crippen LogP contribution in [0.2, 0.25) is 0 Å². The molecule has 2 N–H and O–H groups in total. The molecular formula is C27H29FN2O5. The number of Topliss-reactive ketones (excluding diaryl/α,β-unsaturated/α-hetero) is 1. The van der Waals surface area contributed by atoms with Crippen molar-refractivity contribution in [2.24, 2.45) is 11.1 Å². The number of para-hydroxylation sites is 1. The van der Waals surface area contributed by atoms with E-state index >= 15 is 4.39 Å². The Kier molecular flexibility index (Phi) is 6.32. The summed E-state index contributed by atoms with van der Waals surface area (Å²) in [5.41, 5.74) is 8.05. The quantitative estimate of drug-likeness (QED) is 0.633. The van der Waals surface area contributed by atoms with E-state index in [0.29, 0.717) is 34.8 Å². The summed E-state index contributed by atoms with van der Waals surface area (Å²) in [5, 5.41) is 0. The van der Waals surface area contributed by atoms with Crippen LogP contribution in [0.3, 0.4) is 0 Å². The van der Waals surface area contributed by atoms with Gasteiger partial charge in [-0.25, -0.2) is 9.18 Å². The number of esters is 1. The number of allylic oxidation sites excluding steroid dienone is 2. The number of hydrogen-bond donors (Lipinski definition) is 1. The topological polar surface area (TPSA) is 91.1 Å². The third kappa shape index (κ3) is 4.13. The fraction of sp³-hybridized carbons (Fsp3) is 0.333. The SMILES string of the molecule is COC(=O)C1=C(N)N(c2ccccc2F)C2=C(C(=O)CC(C)(C)C2)[C@@H]1c1ccc(OC)c(OC)c1. The van der Waals surface area contributed by atoms with Crippen molar-refractivity contribution in [1.82, 2.24) is 0 Å². The second-order valence-corrected chi connectivity index (χ2v) is 9.43. The molecule has 0 spiro atoms. The van der Waals surface area contributed by atoms with E-state index < -0.39 is 17.7 Å². The third-order valence-corrected chi connectivity index (χ3v) is 6.50. The molecule has 1 aliphatic carbocycles. The van der Waals surface area contributed by atoms with E-state index in [0.717, 1.165) is 0 Å². The van der Waals surface area contributed by atoms with Gasteiger partial charge in [0.05, 0.1) is 38.5 Å². The Bertz CT molecular complexity index is 1260. The predicted octanol–water partition coefficient (Wildman–Crippen LogP) is 4.43. The van der Waals surface area contributed by atoms with Crippen LogP contribution in [0.5, 0.6) is 11.5 Å². The number of hydrogen-bond acceptors (Lipinski definition) is 7. The highest BCUT2D eigenvalue weighted by Crippen LogP contribution is 2.51. The number of anilines is 1. The molecule has 1 heterocycles. The molecule has 2 aliphatic rings. The number of benzene rings is 2. The summed E-state index contributed by atoms with van der Waals surface area (Å²) in [6, 6.07) is 11.3. The number of rotatable bonds is 5. The van der Waals surface area contributed by atoms with Crippen LogP contribution in [-0.4, -0.2) is 33.1 Å². The summed E-state index contributed by atoms with van der Waals surface area (Å²) in [4.78, 5) is 28.3. The number of nitrogens with two attached hydrogens (primary N) is 1. The van der Waals surface area contributed by atoms with E-state index in [2.05, 4.69) is 0 Å². The molecule has 0 saturated heterocycles. The summed E-state index contributed by atoms with van der Waals surface area (Å²) >= 11 is 0. The molecule has 0 radical (unpaired) electrons. The molecule has 2 aromatic rings. The molecule has 0 aromatic heterocycles. The zero-order valence-electron chi connectivity index (χ0n) is 20.5. The standard InChI is InChI=1S/C27H29FN2O5/c1-27(2)13-18-23(19(31)14-27)22(15-10-11-20(33-3)21(12-15)34-4)24(26(32)35-5)25(29)30(18)17-9-7-6-8-16(17)28/h6-12,22H,13-14,29H2,1-5H3/t22-/m0/s1. The van der Waals surface area contributed by atoms with Gasteiger partial charge in [-0.15, -0.1) is 0 Å². The molecule has 4 rings (SSSR count). The lowest BCUT2D eigenvalue weighted by atomic mass is 9.68. The van der Waals surface area contributed by atoms with Crippen LogP contribution in [0.1, 0.15) is 38.2 Å². The van der Waals surface area contributed by atoms with Gasteiger partial charge in [0.25, 0.3) is 0 Å². The van der Waals surface area contributed by atoms with Crippen molar-refractivity contribution in [1.29, 1.82) is 0 Å². The first-order valence-electron chi connectivity index (χ1n) is 11.2. The summed E-state index contributed by atoms with van der Waals surface area (Å²) in [5.74, 6) is -1.21. The average Bonchev–Trinajstić information content (AvgIpc) is 2.82. The van der Waals surface area contributed by atoms with Crippen molar-refractivity contribution in [3.63, 3.8) is 0 Å². The van der Waals surface area contributed by atoms with Crippen molar-refractivity contribution < 1.29 is 28.2 Å². The highest BCUT2D eigenvalue weighted by Gasteiger charge is 2.47. The number of nitrogens with zero attached hydrogens (tertiary/aromatic N) is 1. The fourth-order valence-electron chi connectivity index (χ4n) is 4.99. The predicted molar refractivity (Wildman–Crippen MR) is 129 cm³/mol. The van der Waals surface area contributed by atoms with Crippen molar-refractivity contribution in [3.8, 4) is 11.5 Å². The zero-order valence-corrected chi connectivity index (χ0v) is 20.5. The van der Waals surface area contributed by atoms with Gasteiger partial charge in [-0.05, 0) is 41.7 Å². The molecule has 1 atom stereocenters. The first-order valence-corrected chi connectivity index (χ1v) is 11.2. The minimum absolute atomic E-state index is 0.0194. The van der Waals surface area contributed by atoms with E-state index in [-0.39, 0.29) is 34.7 Å². The number of ketones is 1. The molecule has 0 saturated carbocycles. The van der Waals surface area contributed by atoms with Gasteiger partial charge in [-0.1, -0.05) is 32.0 Å². The number of methoxy groups -OCH3 is 3. The van der Waals surface area contributed by atoms with Gasteiger partial charge < -0.3 is 19.9 Å². The van der Waals surface area contributed by atoms with Crippen LogP contribution in [0.15, 0.2) is 65.1 Å². The monoisotopic (exact) mass is 480 g/mol. The Morgan fingerprint density at radius 2 is 1.74 bits per heavy atom. The Morgan fingerprint density at radius 1 is 1.06 bits per heavy atom. The Balaban J connectivity index is 2.05. The van der Waals surface area contributed by atoms with Gasteiger partial charge in [0.15, 0.2) is 17.3 Å². The van der Waals surface area contributed by atoms with Crippen molar-refractivity contribution in [2.75, 3.05) is 26.2 Å². The van der Waals surface area contributed by atoms with Gasteiger partial charge >= 0.3 is 5.97 Å². The van der Waals surface area contributed by atoms with Crippen LogP contribution in [0, 0.1) is 11.2 Å². The Morgan fingerprint density at radius 3 is 2.37 bits per heavy atom. The van der Waals surface area contributed by atoms with Crippen molar-refractivity contribution in [3.05, 3.63) is 76.5 Å². The molecule has 0 unspecified atom stereocenters. The molecule has 35 heavy (non-hydrogen) atoms. The normalized spacial score (nSPS) is 19.4. The Labute approximate surface area is 204 Å².